The van der Waals surface area contributed by atoms with Gasteiger partial charge in [-0.3, -0.25) is 4.79 Å². The van der Waals surface area contributed by atoms with Gasteiger partial charge in [0, 0.05) is 30.9 Å². The molecule has 2 fully saturated rings. The van der Waals surface area contributed by atoms with Crippen LogP contribution in [-0.2, 0) is 26.7 Å². The van der Waals surface area contributed by atoms with Gasteiger partial charge in [0.1, 0.15) is 11.0 Å². The van der Waals surface area contributed by atoms with E-state index in [4.69, 9.17) is 0 Å². The molecule has 2 aromatic rings. The van der Waals surface area contributed by atoms with Crippen LogP contribution in [0.5, 0.6) is 0 Å². The summed E-state index contributed by atoms with van der Waals surface area (Å²) < 4.78 is 58.6. The van der Waals surface area contributed by atoms with E-state index in [0.717, 1.165) is 50.9 Å². The number of aryl methyl sites for hydroxylation is 1. The fourth-order valence-electron chi connectivity index (χ4n) is 4.00. The molecule has 1 saturated carbocycles. The van der Waals surface area contributed by atoms with E-state index in [2.05, 4.69) is 54.7 Å². The monoisotopic (exact) mass is 570 g/mol. The Morgan fingerprint density at radius 1 is 0.974 bits per heavy atom. The van der Waals surface area contributed by atoms with Crippen molar-refractivity contribution in [3.63, 3.8) is 0 Å². The molecule has 0 radical (unpaired) electrons. The number of hydrogen-bond acceptors (Lipinski definition) is 4. The maximum atomic E-state index is 13.2. The quantitative estimate of drug-likeness (QED) is 0.319. The van der Waals surface area contributed by atoms with Crippen molar-refractivity contribution in [3.05, 3.63) is 59.7 Å². The molecule has 0 spiro atoms. The molecule has 0 N–H and O–H groups in total. The smallest absolute Gasteiger partial charge is 0.416 e. The predicted molar refractivity (Wildman–Crippen MR) is 154 cm³/mol. The molecule has 1 atom stereocenters. The van der Waals surface area contributed by atoms with Crippen molar-refractivity contribution in [1.82, 2.24) is 4.31 Å². The number of rotatable bonds is 7. The summed E-state index contributed by atoms with van der Waals surface area (Å²) in [5, 5.41) is 0. The second-order valence-electron chi connectivity index (χ2n) is 9.18. The van der Waals surface area contributed by atoms with Gasteiger partial charge >= 0.3 is 6.18 Å². The highest BCUT2D eigenvalue weighted by Crippen LogP contribution is 2.37. The van der Waals surface area contributed by atoms with Gasteiger partial charge in [0.25, 0.3) is 6.47 Å². The molecule has 4 rings (SSSR count). The molecule has 2 aromatic carbocycles. The van der Waals surface area contributed by atoms with Crippen molar-refractivity contribution < 1.29 is 26.9 Å². The maximum Gasteiger partial charge on any atom is 0.416 e. The first kappa shape index (κ1) is 34.6. The summed E-state index contributed by atoms with van der Waals surface area (Å²) in [5.74, 6) is 0. The number of benzene rings is 2. The van der Waals surface area contributed by atoms with Gasteiger partial charge in [-0.25, -0.2) is 8.51 Å². The molecule has 1 aliphatic heterocycles. The van der Waals surface area contributed by atoms with Gasteiger partial charge in [-0.2, -0.15) is 13.2 Å². The lowest BCUT2D eigenvalue weighted by Crippen LogP contribution is -2.46. The molecular weight excluding hydrogens is 525 g/mol. The zero-order valence-electron chi connectivity index (χ0n) is 24.2. The standard InChI is InChI=1S/C22H25F3N2OS.C3H6O2.C3H8.C2H6/c1-16-5-7-18(8-6-16)26-13-11-20(12-14-26)27(19-9-10-19)29(28)21-4-2-3-17(15-21)22(23,24)25;1-2-5-3-4;1-3-2;1-2/h2-8,15,19-20H,9-14H2,1H3;3H,2H2,1H3;3H2,1-2H3;1-2H3. The Morgan fingerprint density at radius 2 is 1.51 bits per heavy atom. The molecule has 9 heteroatoms. The van der Waals surface area contributed by atoms with Crippen LogP contribution in [0.1, 0.15) is 77.8 Å². The molecule has 0 aromatic heterocycles. The molecule has 0 bridgehead atoms. The second-order valence-corrected chi connectivity index (χ2v) is 10.6. The first-order valence-electron chi connectivity index (χ1n) is 13.9. The van der Waals surface area contributed by atoms with Crippen molar-refractivity contribution in [3.8, 4) is 0 Å². The Hall–Kier alpha value is -2.39. The minimum absolute atomic E-state index is 0.125. The van der Waals surface area contributed by atoms with Crippen molar-refractivity contribution in [2.75, 3.05) is 24.6 Å². The molecule has 220 valence electrons. The van der Waals surface area contributed by atoms with Crippen molar-refractivity contribution >= 4 is 23.1 Å². The molecule has 39 heavy (non-hydrogen) atoms. The molecule has 1 heterocycles. The van der Waals surface area contributed by atoms with Crippen LogP contribution in [0.2, 0.25) is 0 Å². The second kappa shape index (κ2) is 18.1. The van der Waals surface area contributed by atoms with Gasteiger partial charge in [0.2, 0.25) is 0 Å². The highest BCUT2D eigenvalue weighted by molar-refractivity contribution is 7.82. The Morgan fingerprint density at radius 3 is 1.95 bits per heavy atom. The van der Waals surface area contributed by atoms with Crippen LogP contribution < -0.4 is 4.90 Å². The Balaban J connectivity index is 0.000000663. The molecule has 0 amide bonds. The van der Waals surface area contributed by atoms with Gasteiger partial charge in [0.05, 0.1) is 17.1 Å². The summed E-state index contributed by atoms with van der Waals surface area (Å²) in [7, 11) is -1.58. The Bertz CT molecular complexity index is 974. The van der Waals surface area contributed by atoms with E-state index in [1.807, 2.05) is 18.2 Å². The van der Waals surface area contributed by atoms with Crippen LogP contribution in [0.15, 0.2) is 53.4 Å². The normalized spacial score (nSPS) is 16.0. The van der Waals surface area contributed by atoms with Crippen LogP contribution >= 0.6 is 0 Å². The first-order chi connectivity index (χ1) is 18.7. The largest absolute Gasteiger partial charge is 0.468 e. The third kappa shape index (κ3) is 11.7. The van der Waals surface area contributed by atoms with Crippen LogP contribution in [0.3, 0.4) is 0 Å². The van der Waals surface area contributed by atoms with Crippen molar-refractivity contribution in [2.45, 2.75) is 96.8 Å². The number of carbonyl (C=O) groups is 1. The topological polar surface area (TPSA) is 49.9 Å². The molecule has 1 aliphatic carbocycles. The van der Waals surface area contributed by atoms with E-state index in [1.165, 1.54) is 23.7 Å². The van der Waals surface area contributed by atoms with Crippen molar-refractivity contribution in [2.24, 2.45) is 0 Å². The van der Waals surface area contributed by atoms with Gasteiger partial charge < -0.3 is 9.64 Å². The van der Waals surface area contributed by atoms with E-state index in [9.17, 15) is 22.2 Å². The van der Waals surface area contributed by atoms with E-state index in [-0.39, 0.29) is 17.0 Å². The third-order valence-corrected chi connectivity index (χ3v) is 7.56. The Labute approximate surface area is 235 Å². The van der Waals surface area contributed by atoms with Crippen LogP contribution in [0, 0.1) is 6.92 Å². The number of anilines is 1. The highest BCUT2D eigenvalue weighted by Gasteiger charge is 2.40. The lowest BCUT2D eigenvalue weighted by Gasteiger charge is -2.39. The predicted octanol–water partition coefficient (Wildman–Crippen LogP) is 7.79. The number of ether oxygens (including phenoxy) is 1. The minimum Gasteiger partial charge on any atom is -0.468 e. The lowest BCUT2D eigenvalue weighted by atomic mass is 10.0. The number of halogens is 3. The van der Waals surface area contributed by atoms with Gasteiger partial charge in [-0.1, -0.05) is 57.9 Å². The number of nitrogens with zero attached hydrogens (tertiary/aromatic N) is 2. The molecule has 1 unspecified atom stereocenters. The SMILES string of the molecule is CC.CCC.CCOC=O.Cc1ccc(N2CCC(N(C3CC3)S(=O)c3cccc(C(F)(F)F)c3)CC2)cc1. The van der Waals surface area contributed by atoms with Gasteiger partial charge in [0.15, 0.2) is 0 Å². The zero-order valence-corrected chi connectivity index (χ0v) is 25.0. The first-order valence-corrected chi connectivity index (χ1v) is 15.0. The average Bonchev–Trinajstić information content (AvgIpc) is 3.77. The van der Waals surface area contributed by atoms with Crippen LogP contribution in [0.25, 0.3) is 0 Å². The van der Waals surface area contributed by atoms with Crippen molar-refractivity contribution in [1.29, 1.82) is 0 Å². The molecule has 2 aliphatic rings. The molecular formula is C30H45F3N2O3S. The maximum absolute atomic E-state index is 13.2. The molecule has 5 nitrogen and oxygen atoms in total. The van der Waals surface area contributed by atoms with Crippen LogP contribution in [-0.4, -0.2) is 46.8 Å². The summed E-state index contributed by atoms with van der Waals surface area (Å²) in [5.41, 5.74) is 1.67. The van der Waals surface area contributed by atoms with E-state index >= 15 is 0 Å². The highest BCUT2D eigenvalue weighted by atomic mass is 32.2. The van der Waals surface area contributed by atoms with E-state index < -0.39 is 22.7 Å². The van der Waals surface area contributed by atoms with Gasteiger partial charge in [-0.05, 0) is 69.9 Å². The average molecular weight is 571 g/mol. The number of piperidine rings is 1. The fraction of sp³-hybridized carbons (Fsp3) is 0.567. The number of hydrogen-bond donors (Lipinski definition) is 0. The van der Waals surface area contributed by atoms with E-state index in [0.29, 0.717) is 13.1 Å². The zero-order chi connectivity index (χ0) is 29.4. The summed E-state index contributed by atoms with van der Waals surface area (Å²) in [6.07, 6.45) is 0.458. The Kier molecular flexibility index (Phi) is 16.0. The van der Waals surface area contributed by atoms with Crippen LogP contribution in [0.4, 0.5) is 18.9 Å². The van der Waals surface area contributed by atoms with Gasteiger partial charge in [-0.15, -0.1) is 0 Å². The summed E-state index contributed by atoms with van der Waals surface area (Å²) >= 11 is 0. The van der Waals surface area contributed by atoms with E-state index in [1.54, 1.807) is 13.0 Å². The molecule has 1 saturated heterocycles. The minimum atomic E-state index is -4.43. The summed E-state index contributed by atoms with van der Waals surface area (Å²) in [6, 6.07) is 13.7. The number of carbonyl (C=O) groups excluding carboxylic acids is 1. The lowest BCUT2D eigenvalue weighted by molar-refractivity contribution is -0.137. The fourth-order valence-corrected chi connectivity index (χ4v) is 5.63. The number of alkyl halides is 3. The summed E-state index contributed by atoms with van der Waals surface area (Å²) in [6.45, 7) is 14.7. The summed E-state index contributed by atoms with van der Waals surface area (Å²) in [4.78, 5) is 11.8. The third-order valence-electron chi connectivity index (χ3n) is 5.92.